The molecule has 1 aliphatic heterocycles. The van der Waals surface area contributed by atoms with Crippen molar-refractivity contribution in [1.82, 2.24) is 4.90 Å². The van der Waals surface area contributed by atoms with E-state index in [2.05, 4.69) is 40.5 Å². The van der Waals surface area contributed by atoms with Crippen molar-refractivity contribution in [2.45, 2.75) is 19.3 Å². The van der Waals surface area contributed by atoms with Crippen LogP contribution < -0.4 is 11.1 Å². The molecule has 0 spiro atoms. The second kappa shape index (κ2) is 11.1. The summed E-state index contributed by atoms with van der Waals surface area (Å²) in [5.74, 6) is 0.753. The zero-order valence-corrected chi connectivity index (χ0v) is 16.4. The molecule has 0 unspecified atom stereocenters. The Kier molecular flexibility index (Phi) is 9.49. The van der Waals surface area contributed by atoms with Crippen LogP contribution in [-0.2, 0) is 11.2 Å². The van der Waals surface area contributed by atoms with E-state index in [1.807, 2.05) is 18.2 Å². The Morgan fingerprint density at radius 1 is 1.04 bits per heavy atom. The molecule has 3 rings (SSSR count). The number of carbonyl (C=O) groups excluding carboxylic acids is 1. The second-order valence-electron chi connectivity index (χ2n) is 6.58. The van der Waals surface area contributed by atoms with Crippen molar-refractivity contribution in [2.24, 2.45) is 5.92 Å². The van der Waals surface area contributed by atoms with Crippen LogP contribution in [0.3, 0.4) is 0 Å². The quantitative estimate of drug-likeness (QED) is 0.751. The molecule has 142 valence electrons. The summed E-state index contributed by atoms with van der Waals surface area (Å²) in [5, 5.41) is 2.92. The fourth-order valence-electron chi connectivity index (χ4n) is 3.32. The molecule has 2 aromatic rings. The number of nitrogen functional groups attached to an aromatic ring is 1. The molecule has 0 aliphatic carbocycles. The summed E-state index contributed by atoms with van der Waals surface area (Å²) in [4.78, 5) is 14.4. The third kappa shape index (κ3) is 6.87. The summed E-state index contributed by atoms with van der Waals surface area (Å²) in [5.41, 5.74) is 8.57. The maximum Gasteiger partial charge on any atom is 0.238 e. The van der Waals surface area contributed by atoms with Crippen LogP contribution in [-0.4, -0.2) is 30.4 Å². The Hall–Kier alpha value is -1.75. The first kappa shape index (κ1) is 22.3. The number of benzene rings is 2. The average molecular weight is 396 g/mol. The fourth-order valence-corrected chi connectivity index (χ4v) is 3.32. The van der Waals surface area contributed by atoms with Crippen LogP contribution in [0.1, 0.15) is 18.4 Å². The van der Waals surface area contributed by atoms with Gasteiger partial charge in [0.2, 0.25) is 5.91 Å². The number of amides is 1. The summed E-state index contributed by atoms with van der Waals surface area (Å²) in [7, 11) is 0. The Labute approximate surface area is 168 Å². The third-order valence-electron chi connectivity index (χ3n) is 4.61. The van der Waals surface area contributed by atoms with Gasteiger partial charge >= 0.3 is 0 Å². The number of nitrogens with two attached hydrogens (primary N) is 1. The van der Waals surface area contributed by atoms with Gasteiger partial charge in [0.15, 0.2) is 0 Å². The highest BCUT2D eigenvalue weighted by Gasteiger charge is 2.21. The van der Waals surface area contributed by atoms with Gasteiger partial charge in [0, 0.05) is 11.4 Å². The first-order chi connectivity index (χ1) is 11.7. The van der Waals surface area contributed by atoms with Crippen LogP contribution in [0.15, 0.2) is 54.6 Å². The van der Waals surface area contributed by atoms with E-state index >= 15 is 0 Å². The van der Waals surface area contributed by atoms with E-state index in [4.69, 9.17) is 5.73 Å². The van der Waals surface area contributed by atoms with E-state index in [-0.39, 0.29) is 30.7 Å². The predicted molar refractivity (Wildman–Crippen MR) is 113 cm³/mol. The average Bonchev–Trinajstić information content (AvgIpc) is 2.57. The Bertz CT molecular complexity index is 674. The van der Waals surface area contributed by atoms with Crippen molar-refractivity contribution in [1.29, 1.82) is 0 Å². The number of anilines is 2. The van der Waals surface area contributed by atoms with Crippen molar-refractivity contribution in [3.05, 3.63) is 60.2 Å². The zero-order valence-electron chi connectivity index (χ0n) is 14.8. The highest BCUT2D eigenvalue weighted by atomic mass is 35.5. The van der Waals surface area contributed by atoms with Crippen LogP contribution >= 0.6 is 24.8 Å². The van der Waals surface area contributed by atoms with Crippen molar-refractivity contribution in [3.63, 3.8) is 0 Å². The third-order valence-corrected chi connectivity index (χ3v) is 4.61. The van der Waals surface area contributed by atoms with Gasteiger partial charge in [-0.25, -0.2) is 0 Å². The lowest BCUT2D eigenvalue weighted by molar-refractivity contribution is -0.117. The van der Waals surface area contributed by atoms with Crippen molar-refractivity contribution in [2.75, 3.05) is 30.7 Å². The SMILES string of the molecule is Cl.Cl.Nc1cccc(NC(=O)CN2CCC(Cc3ccccc3)CC2)c1. The van der Waals surface area contributed by atoms with Gasteiger partial charge in [-0.2, -0.15) is 0 Å². The molecule has 0 atom stereocenters. The molecular formula is C20H27Cl2N3O. The number of carbonyl (C=O) groups is 1. The fraction of sp³-hybridized carbons (Fsp3) is 0.350. The van der Waals surface area contributed by atoms with Gasteiger partial charge in [-0.3, -0.25) is 9.69 Å². The van der Waals surface area contributed by atoms with Gasteiger partial charge in [0.1, 0.15) is 0 Å². The van der Waals surface area contributed by atoms with E-state index < -0.39 is 0 Å². The Morgan fingerprint density at radius 2 is 1.73 bits per heavy atom. The highest BCUT2D eigenvalue weighted by Crippen LogP contribution is 2.21. The van der Waals surface area contributed by atoms with E-state index in [1.54, 1.807) is 6.07 Å². The van der Waals surface area contributed by atoms with Gasteiger partial charge in [-0.05, 0) is 62.0 Å². The molecule has 0 bridgehead atoms. The zero-order chi connectivity index (χ0) is 16.8. The normalized spacial score (nSPS) is 14.8. The Morgan fingerprint density at radius 3 is 2.38 bits per heavy atom. The van der Waals surface area contributed by atoms with Gasteiger partial charge in [-0.15, -0.1) is 24.8 Å². The lowest BCUT2D eigenvalue weighted by Crippen LogP contribution is -2.39. The van der Waals surface area contributed by atoms with E-state index in [0.717, 1.165) is 44.0 Å². The standard InChI is InChI=1S/C20H25N3O.2ClH/c21-18-7-4-8-19(14-18)22-20(24)15-23-11-9-17(10-12-23)13-16-5-2-1-3-6-16;;/h1-8,14,17H,9-13,15,21H2,(H,22,24);2*1H. The first-order valence-electron chi connectivity index (χ1n) is 8.61. The number of hydrogen-bond acceptors (Lipinski definition) is 3. The topological polar surface area (TPSA) is 58.4 Å². The molecular weight excluding hydrogens is 369 g/mol. The molecule has 1 saturated heterocycles. The summed E-state index contributed by atoms with van der Waals surface area (Å²) >= 11 is 0. The van der Waals surface area contributed by atoms with Crippen molar-refractivity contribution >= 4 is 42.1 Å². The molecule has 1 fully saturated rings. The largest absolute Gasteiger partial charge is 0.399 e. The van der Waals surface area contributed by atoms with Crippen molar-refractivity contribution in [3.8, 4) is 0 Å². The highest BCUT2D eigenvalue weighted by molar-refractivity contribution is 5.92. The van der Waals surface area contributed by atoms with Gasteiger partial charge in [0.25, 0.3) is 0 Å². The Balaban J connectivity index is 0.00000169. The molecule has 3 N–H and O–H groups in total. The molecule has 1 amide bonds. The van der Waals surface area contributed by atoms with Gasteiger partial charge in [0.05, 0.1) is 6.54 Å². The molecule has 2 aromatic carbocycles. The number of halogens is 2. The second-order valence-corrected chi connectivity index (χ2v) is 6.58. The molecule has 6 heteroatoms. The number of hydrogen-bond donors (Lipinski definition) is 2. The smallest absolute Gasteiger partial charge is 0.238 e. The molecule has 1 heterocycles. The monoisotopic (exact) mass is 395 g/mol. The van der Waals surface area contributed by atoms with Crippen LogP contribution in [0.5, 0.6) is 0 Å². The molecule has 26 heavy (non-hydrogen) atoms. The number of piperidine rings is 1. The lowest BCUT2D eigenvalue weighted by atomic mass is 9.90. The van der Waals surface area contributed by atoms with Gasteiger partial charge < -0.3 is 11.1 Å². The lowest BCUT2D eigenvalue weighted by Gasteiger charge is -2.31. The summed E-state index contributed by atoms with van der Waals surface area (Å²) in [6.07, 6.45) is 3.45. The predicted octanol–water partition coefficient (Wildman–Crippen LogP) is 4.01. The first-order valence-corrected chi connectivity index (χ1v) is 8.61. The van der Waals surface area contributed by atoms with E-state index in [1.165, 1.54) is 5.56 Å². The molecule has 0 saturated carbocycles. The summed E-state index contributed by atoms with van der Waals surface area (Å²) in [6, 6.07) is 18.0. The summed E-state index contributed by atoms with van der Waals surface area (Å²) < 4.78 is 0. The van der Waals surface area contributed by atoms with Crippen LogP contribution in [0.4, 0.5) is 11.4 Å². The van der Waals surface area contributed by atoms with E-state index in [9.17, 15) is 4.79 Å². The van der Waals surface area contributed by atoms with E-state index in [0.29, 0.717) is 12.2 Å². The summed E-state index contributed by atoms with van der Waals surface area (Å²) in [6.45, 7) is 2.43. The van der Waals surface area contributed by atoms with Crippen LogP contribution in [0.25, 0.3) is 0 Å². The number of likely N-dealkylation sites (tertiary alicyclic amines) is 1. The maximum atomic E-state index is 12.2. The molecule has 4 nitrogen and oxygen atoms in total. The molecule has 0 radical (unpaired) electrons. The number of nitrogens with zero attached hydrogens (tertiary/aromatic N) is 1. The maximum absolute atomic E-state index is 12.2. The minimum Gasteiger partial charge on any atom is -0.399 e. The number of rotatable bonds is 5. The molecule has 1 aliphatic rings. The van der Waals surface area contributed by atoms with Crippen molar-refractivity contribution < 1.29 is 4.79 Å². The number of nitrogens with one attached hydrogen (secondary N) is 1. The minimum atomic E-state index is 0. The van der Waals surface area contributed by atoms with Crippen LogP contribution in [0, 0.1) is 5.92 Å². The van der Waals surface area contributed by atoms with Gasteiger partial charge in [-0.1, -0.05) is 36.4 Å². The minimum absolute atomic E-state index is 0. The molecule has 0 aromatic heterocycles. The van der Waals surface area contributed by atoms with Crippen LogP contribution in [0.2, 0.25) is 0 Å².